The Labute approximate surface area is 74.5 Å². The predicted octanol–water partition coefficient (Wildman–Crippen LogP) is 2.08. The summed E-state index contributed by atoms with van der Waals surface area (Å²) in [6.45, 7) is 0.754. The minimum Gasteiger partial charge on any atom is -0.377 e. The zero-order valence-electron chi connectivity index (χ0n) is 6.45. The van der Waals surface area contributed by atoms with E-state index in [1.165, 1.54) is 0 Å². The average molecular weight is 179 g/mol. The summed E-state index contributed by atoms with van der Waals surface area (Å²) in [7, 11) is 0. The molecule has 0 radical (unpaired) electrons. The molecule has 0 aliphatic rings. The number of H-pyrrole nitrogens is 1. The maximum Gasteiger partial charge on any atom is 0.125 e. The molecule has 3 nitrogen and oxygen atoms in total. The van der Waals surface area contributed by atoms with E-state index in [0.717, 1.165) is 18.1 Å². The minimum absolute atomic E-state index is 0.754. The van der Waals surface area contributed by atoms with E-state index < -0.39 is 0 Å². The van der Waals surface area contributed by atoms with Gasteiger partial charge in [-0.25, -0.2) is 4.98 Å². The molecule has 0 unspecified atom stereocenters. The number of hydrogen-bond donors (Lipinski definition) is 2. The van der Waals surface area contributed by atoms with Crippen molar-refractivity contribution in [3.05, 3.63) is 35.0 Å². The van der Waals surface area contributed by atoms with Crippen LogP contribution in [0, 0.1) is 0 Å². The van der Waals surface area contributed by atoms with Crippen molar-refractivity contribution in [2.45, 2.75) is 6.54 Å². The molecule has 0 bridgehead atoms. The quantitative estimate of drug-likeness (QED) is 0.757. The van der Waals surface area contributed by atoms with Crippen LogP contribution in [0.15, 0.2) is 29.2 Å². The summed E-state index contributed by atoms with van der Waals surface area (Å²) in [5.41, 5.74) is 1.15. The van der Waals surface area contributed by atoms with E-state index in [-0.39, 0.29) is 0 Å². The van der Waals surface area contributed by atoms with E-state index >= 15 is 0 Å². The maximum absolute atomic E-state index is 4.10. The van der Waals surface area contributed by atoms with Crippen molar-refractivity contribution in [2.75, 3.05) is 5.32 Å². The van der Waals surface area contributed by atoms with Crippen molar-refractivity contribution in [3.8, 4) is 0 Å². The molecule has 2 heterocycles. The van der Waals surface area contributed by atoms with Gasteiger partial charge in [0.05, 0.1) is 6.54 Å². The van der Waals surface area contributed by atoms with Crippen molar-refractivity contribution < 1.29 is 0 Å². The van der Waals surface area contributed by atoms with Gasteiger partial charge >= 0.3 is 0 Å². The fourth-order valence-electron chi connectivity index (χ4n) is 0.945. The highest BCUT2D eigenvalue weighted by atomic mass is 32.1. The second-order valence-electron chi connectivity index (χ2n) is 2.40. The Kier molecular flexibility index (Phi) is 2.09. The van der Waals surface area contributed by atoms with Gasteiger partial charge < -0.3 is 10.3 Å². The van der Waals surface area contributed by atoms with Crippen molar-refractivity contribution in [1.82, 2.24) is 9.97 Å². The fourth-order valence-corrected chi connectivity index (χ4v) is 1.56. The largest absolute Gasteiger partial charge is 0.377 e. The Morgan fingerprint density at radius 2 is 2.58 bits per heavy atom. The molecule has 0 atom stereocenters. The molecule has 0 amide bonds. The standard InChI is InChI=1S/C8H9N3S/c1-4-12-6-7(1)11-5-8-9-2-3-10-8/h1-4,6,11H,5H2,(H,9,10). The first kappa shape index (κ1) is 7.36. The van der Waals surface area contributed by atoms with E-state index in [9.17, 15) is 0 Å². The number of rotatable bonds is 3. The number of nitrogens with one attached hydrogen (secondary N) is 2. The molecule has 0 saturated heterocycles. The van der Waals surface area contributed by atoms with Crippen LogP contribution in [0.2, 0.25) is 0 Å². The van der Waals surface area contributed by atoms with Gasteiger partial charge in [-0.3, -0.25) is 0 Å². The monoisotopic (exact) mass is 179 g/mol. The lowest BCUT2D eigenvalue weighted by Gasteiger charge is -1.99. The molecular formula is C8H9N3S. The van der Waals surface area contributed by atoms with Crippen LogP contribution < -0.4 is 5.32 Å². The molecule has 2 aromatic rings. The highest BCUT2D eigenvalue weighted by Gasteiger charge is 1.94. The number of anilines is 1. The van der Waals surface area contributed by atoms with Crippen LogP contribution in [0.5, 0.6) is 0 Å². The van der Waals surface area contributed by atoms with E-state index in [1.54, 1.807) is 17.5 Å². The lowest BCUT2D eigenvalue weighted by Crippen LogP contribution is -1.99. The molecule has 0 aromatic carbocycles. The molecule has 12 heavy (non-hydrogen) atoms. The Morgan fingerprint density at radius 3 is 3.25 bits per heavy atom. The Morgan fingerprint density at radius 1 is 1.58 bits per heavy atom. The third-order valence-electron chi connectivity index (χ3n) is 1.54. The Hall–Kier alpha value is -1.29. The number of hydrogen-bond acceptors (Lipinski definition) is 3. The first-order chi connectivity index (χ1) is 5.95. The third-order valence-corrected chi connectivity index (χ3v) is 2.22. The molecule has 4 heteroatoms. The van der Waals surface area contributed by atoms with Crippen LogP contribution >= 0.6 is 11.3 Å². The average Bonchev–Trinajstić information content (AvgIpc) is 2.74. The molecule has 2 rings (SSSR count). The van der Waals surface area contributed by atoms with Crippen molar-refractivity contribution in [2.24, 2.45) is 0 Å². The number of imidazole rings is 1. The summed E-state index contributed by atoms with van der Waals surface area (Å²) in [6, 6.07) is 2.05. The number of thiophene rings is 1. The van der Waals surface area contributed by atoms with Gasteiger partial charge in [0.1, 0.15) is 5.82 Å². The molecule has 0 aliphatic heterocycles. The highest BCUT2D eigenvalue weighted by molar-refractivity contribution is 7.08. The van der Waals surface area contributed by atoms with Gasteiger partial charge in [0.2, 0.25) is 0 Å². The van der Waals surface area contributed by atoms with Crippen LogP contribution in [-0.4, -0.2) is 9.97 Å². The van der Waals surface area contributed by atoms with Gasteiger partial charge in [-0.15, -0.1) is 0 Å². The molecular weight excluding hydrogens is 170 g/mol. The van der Waals surface area contributed by atoms with Crippen molar-refractivity contribution in [3.63, 3.8) is 0 Å². The maximum atomic E-state index is 4.10. The molecule has 62 valence electrons. The summed E-state index contributed by atoms with van der Waals surface area (Å²) in [6.07, 6.45) is 3.58. The van der Waals surface area contributed by atoms with Crippen molar-refractivity contribution >= 4 is 17.0 Å². The van der Waals surface area contributed by atoms with Gasteiger partial charge in [0.15, 0.2) is 0 Å². The first-order valence-electron chi connectivity index (χ1n) is 3.69. The fraction of sp³-hybridized carbons (Fsp3) is 0.125. The topological polar surface area (TPSA) is 40.7 Å². The van der Waals surface area contributed by atoms with E-state index in [4.69, 9.17) is 0 Å². The van der Waals surface area contributed by atoms with Crippen LogP contribution in [0.4, 0.5) is 5.69 Å². The smallest absolute Gasteiger partial charge is 0.125 e. The van der Waals surface area contributed by atoms with Crippen LogP contribution in [-0.2, 0) is 6.54 Å². The zero-order valence-corrected chi connectivity index (χ0v) is 7.27. The van der Waals surface area contributed by atoms with E-state index in [2.05, 4.69) is 20.7 Å². The van der Waals surface area contributed by atoms with Crippen LogP contribution in [0.3, 0.4) is 0 Å². The minimum atomic E-state index is 0.754. The second-order valence-corrected chi connectivity index (χ2v) is 3.18. The summed E-state index contributed by atoms with van der Waals surface area (Å²) < 4.78 is 0. The zero-order chi connectivity index (χ0) is 8.23. The first-order valence-corrected chi connectivity index (χ1v) is 4.64. The Bertz CT molecular complexity index is 278. The van der Waals surface area contributed by atoms with Gasteiger partial charge in [-0.05, 0) is 11.4 Å². The van der Waals surface area contributed by atoms with Crippen LogP contribution in [0.25, 0.3) is 0 Å². The molecule has 0 saturated carbocycles. The summed E-state index contributed by atoms with van der Waals surface area (Å²) in [4.78, 5) is 7.13. The number of nitrogens with zero attached hydrogens (tertiary/aromatic N) is 1. The van der Waals surface area contributed by atoms with Gasteiger partial charge in [-0.1, -0.05) is 0 Å². The molecule has 0 spiro atoms. The van der Waals surface area contributed by atoms with Gasteiger partial charge in [0.25, 0.3) is 0 Å². The predicted molar refractivity (Wildman–Crippen MR) is 50.2 cm³/mol. The summed E-state index contributed by atoms with van der Waals surface area (Å²) in [5, 5.41) is 7.36. The van der Waals surface area contributed by atoms with E-state index in [0.29, 0.717) is 0 Å². The van der Waals surface area contributed by atoms with Gasteiger partial charge in [-0.2, -0.15) is 11.3 Å². The Balaban J connectivity index is 1.91. The number of aromatic nitrogens is 2. The SMILES string of the molecule is c1c[nH]c(CNc2ccsc2)n1. The number of aromatic amines is 1. The third kappa shape index (κ3) is 1.65. The van der Waals surface area contributed by atoms with Gasteiger partial charge in [0, 0.05) is 23.5 Å². The summed E-state index contributed by atoms with van der Waals surface area (Å²) >= 11 is 1.68. The normalized spacial score (nSPS) is 10.0. The molecule has 0 fully saturated rings. The second kappa shape index (κ2) is 3.40. The van der Waals surface area contributed by atoms with Crippen molar-refractivity contribution in [1.29, 1.82) is 0 Å². The summed E-state index contributed by atoms with van der Waals surface area (Å²) in [5.74, 6) is 0.959. The lowest BCUT2D eigenvalue weighted by atomic mass is 10.5. The highest BCUT2D eigenvalue weighted by Crippen LogP contribution is 2.11. The molecule has 2 N–H and O–H groups in total. The molecule has 0 aliphatic carbocycles. The lowest BCUT2D eigenvalue weighted by molar-refractivity contribution is 1.00. The molecule has 2 aromatic heterocycles. The van der Waals surface area contributed by atoms with E-state index in [1.807, 2.05) is 17.6 Å². The van der Waals surface area contributed by atoms with Crippen LogP contribution in [0.1, 0.15) is 5.82 Å².